The van der Waals surface area contributed by atoms with E-state index in [1.54, 1.807) is 0 Å². The van der Waals surface area contributed by atoms with E-state index in [0.29, 0.717) is 0 Å². The van der Waals surface area contributed by atoms with Gasteiger partial charge in [-0.3, -0.25) is 0 Å². The number of rotatable bonds is 5. The lowest BCUT2D eigenvalue weighted by Gasteiger charge is -2.27. The Labute approximate surface area is 213 Å². The van der Waals surface area contributed by atoms with Crippen LogP contribution in [0.2, 0.25) is 0 Å². The zero-order valence-corrected chi connectivity index (χ0v) is 20.8. The van der Waals surface area contributed by atoms with Gasteiger partial charge in [0, 0.05) is 16.9 Å². The molecule has 0 atom stereocenters. The van der Waals surface area contributed by atoms with Gasteiger partial charge in [-0.25, -0.2) is 0 Å². The van der Waals surface area contributed by atoms with Crippen LogP contribution in [0.5, 0.6) is 0 Å². The Balaban J connectivity index is 1.67. The molecule has 0 aliphatic carbocycles. The van der Waals surface area contributed by atoms with E-state index in [1.165, 1.54) is 22.3 Å². The summed E-state index contributed by atoms with van der Waals surface area (Å²) in [5, 5.41) is 0. The summed E-state index contributed by atoms with van der Waals surface area (Å²) in [6.45, 7) is 4.21. The van der Waals surface area contributed by atoms with Crippen LogP contribution in [0.1, 0.15) is 16.7 Å². The second-order valence-electron chi connectivity index (χ2n) is 8.84. The minimum absolute atomic E-state index is 0.771. The van der Waals surface area contributed by atoms with E-state index < -0.39 is 0 Å². The van der Waals surface area contributed by atoms with Crippen LogP contribution in [0.4, 0.5) is 11.4 Å². The number of aryl methyl sites for hydroxylation is 2. The first-order chi connectivity index (χ1) is 17.1. The van der Waals surface area contributed by atoms with Gasteiger partial charge < -0.3 is 4.90 Å². The zero-order valence-electron chi connectivity index (χ0n) is 20.0. The molecule has 170 valence electrons. The van der Waals surface area contributed by atoms with Crippen molar-refractivity contribution in [1.82, 2.24) is 0 Å². The molecular weight excluding hydrogens is 442 g/mol. The summed E-state index contributed by atoms with van der Waals surface area (Å²) in [7, 11) is 0. The molecule has 0 fully saturated rings. The van der Waals surface area contributed by atoms with Gasteiger partial charge in [0.15, 0.2) is 0 Å². The van der Waals surface area contributed by atoms with Crippen molar-refractivity contribution in [2.45, 2.75) is 13.8 Å². The SMILES string of the molecule is Cc1ccc(N(C(=S)c2cc(-c3ccccc3)cc(-c3ccccc3)c2)c2ccc(C)cc2)cc1. The summed E-state index contributed by atoms with van der Waals surface area (Å²) in [6.07, 6.45) is 0. The third-order valence-corrected chi connectivity index (χ3v) is 6.60. The lowest BCUT2D eigenvalue weighted by atomic mass is 9.95. The molecule has 5 rings (SSSR count). The highest BCUT2D eigenvalue weighted by Crippen LogP contribution is 2.33. The molecule has 0 N–H and O–H groups in total. The van der Waals surface area contributed by atoms with Crippen molar-refractivity contribution in [2.75, 3.05) is 4.90 Å². The van der Waals surface area contributed by atoms with Crippen molar-refractivity contribution < 1.29 is 0 Å². The Hall–Kier alpha value is -4.01. The van der Waals surface area contributed by atoms with Crippen LogP contribution >= 0.6 is 12.2 Å². The maximum absolute atomic E-state index is 6.22. The molecule has 5 aromatic rings. The van der Waals surface area contributed by atoms with E-state index in [-0.39, 0.29) is 0 Å². The maximum atomic E-state index is 6.22. The molecule has 0 bridgehead atoms. The second-order valence-corrected chi connectivity index (χ2v) is 9.23. The molecule has 0 amide bonds. The Morgan fingerprint density at radius 3 is 1.29 bits per heavy atom. The third-order valence-electron chi connectivity index (χ3n) is 6.18. The molecule has 1 nitrogen and oxygen atoms in total. The van der Waals surface area contributed by atoms with Crippen molar-refractivity contribution in [3.05, 3.63) is 144 Å². The number of anilines is 2. The highest BCUT2D eigenvalue weighted by Gasteiger charge is 2.18. The predicted molar refractivity (Wildman–Crippen MR) is 154 cm³/mol. The van der Waals surface area contributed by atoms with E-state index in [0.717, 1.165) is 33.1 Å². The summed E-state index contributed by atoms with van der Waals surface area (Å²) < 4.78 is 0. The molecule has 0 aromatic heterocycles. The second kappa shape index (κ2) is 10.1. The molecule has 0 saturated carbocycles. The van der Waals surface area contributed by atoms with Gasteiger partial charge in [0.05, 0.1) is 0 Å². The van der Waals surface area contributed by atoms with E-state index >= 15 is 0 Å². The van der Waals surface area contributed by atoms with Crippen molar-refractivity contribution in [2.24, 2.45) is 0 Å². The predicted octanol–water partition coefficient (Wildman–Crippen LogP) is 9.15. The van der Waals surface area contributed by atoms with Gasteiger partial charge in [0.2, 0.25) is 0 Å². The van der Waals surface area contributed by atoms with Crippen molar-refractivity contribution >= 4 is 28.6 Å². The standard InChI is InChI=1S/C33H27NS/c1-24-13-17-31(18-14-24)34(32-19-15-25(2)16-20-32)33(35)30-22-28(26-9-5-3-6-10-26)21-29(23-30)27-11-7-4-8-12-27/h3-23H,1-2H3. The average Bonchev–Trinajstić information content (AvgIpc) is 2.91. The molecule has 2 heteroatoms. The number of benzene rings is 5. The number of hydrogen-bond acceptors (Lipinski definition) is 1. The van der Waals surface area contributed by atoms with E-state index in [9.17, 15) is 0 Å². The average molecular weight is 470 g/mol. The summed E-state index contributed by atoms with van der Waals surface area (Å²) in [5.41, 5.74) is 10.2. The van der Waals surface area contributed by atoms with Crippen LogP contribution in [-0.2, 0) is 0 Å². The molecule has 0 aliphatic rings. The topological polar surface area (TPSA) is 3.24 Å². The van der Waals surface area contributed by atoms with Gasteiger partial charge in [-0.15, -0.1) is 0 Å². The molecule has 0 heterocycles. The first kappa shape index (κ1) is 22.8. The number of hydrogen-bond donors (Lipinski definition) is 0. The Kier molecular flexibility index (Phi) is 6.56. The van der Waals surface area contributed by atoms with Crippen LogP contribution in [0.25, 0.3) is 22.3 Å². The van der Waals surface area contributed by atoms with Crippen molar-refractivity contribution in [3.63, 3.8) is 0 Å². The van der Waals surface area contributed by atoms with E-state index in [4.69, 9.17) is 12.2 Å². The van der Waals surface area contributed by atoms with Crippen LogP contribution in [-0.4, -0.2) is 4.99 Å². The molecule has 0 aliphatic heterocycles. The summed E-state index contributed by atoms with van der Waals surface area (Å²) >= 11 is 6.22. The van der Waals surface area contributed by atoms with Crippen LogP contribution < -0.4 is 4.90 Å². The quantitative estimate of drug-likeness (QED) is 0.236. The highest BCUT2D eigenvalue weighted by atomic mass is 32.1. The maximum Gasteiger partial charge on any atom is 0.118 e. The first-order valence-electron chi connectivity index (χ1n) is 11.8. The molecule has 0 spiro atoms. The lowest BCUT2D eigenvalue weighted by Crippen LogP contribution is -2.25. The van der Waals surface area contributed by atoms with Gasteiger partial charge in [-0.1, -0.05) is 108 Å². The summed E-state index contributed by atoms with van der Waals surface area (Å²) in [4.78, 5) is 2.94. The van der Waals surface area contributed by atoms with Gasteiger partial charge >= 0.3 is 0 Å². The molecule has 0 radical (unpaired) electrons. The van der Waals surface area contributed by atoms with Crippen LogP contribution in [0.3, 0.4) is 0 Å². The van der Waals surface area contributed by atoms with E-state index in [2.05, 4.69) is 134 Å². The fraction of sp³-hybridized carbons (Fsp3) is 0.0606. The lowest BCUT2D eigenvalue weighted by molar-refractivity contribution is 1.33. The smallest absolute Gasteiger partial charge is 0.118 e. The molecule has 0 unspecified atom stereocenters. The van der Waals surface area contributed by atoms with Crippen molar-refractivity contribution in [3.8, 4) is 22.3 Å². The molecule has 0 saturated heterocycles. The Morgan fingerprint density at radius 1 is 0.486 bits per heavy atom. The number of nitrogens with zero attached hydrogens (tertiary/aromatic N) is 1. The van der Waals surface area contributed by atoms with Crippen LogP contribution in [0.15, 0.2) is 127 Å². The van der Waals surface area contributed by atoms with Gasteiger partial charge in [-0.2, -0.15) is 0 Å². The Bertz CT molecular complexity index is 1330. The molecule has 35 heavy (non-hydrogen) atoms. The normalized spacial score (nSPS) is 10.7. The zero-order chi connectivity index (χ0) is 24.2. The largest absolute Gasteiger partial charge is 0.301 e. The summed E-state index contributed by atoms with van der Waals surface area (Å²) in [5.74, 6) is 0. The minimum Gasteiger partial charge on any atom is -0.301 e. The third kappa shape index (κ3) is 5.08. The number of thiocarbonyl (C=S) groups is 1. The monoisotopic (exact) mass is 469 g/mol. The fourth-order valence-corrected chi connectivity index (χ4v) is 4.57. The molecule has 5 aromatic carbocycles. The summed E-state index contributed by atoms with van der Waals surface area (Å²) in [6, 6.07) is 44.8. The van der Waals surface area contributed by atoms with Gasteiger partial charge in [-0.05, 0) is 78.6 Å². The Morgan fingerprint density at radius 2 is 0.886 bits per heavy atom. The highest BCUT2D eigenvalue weighted by molar-refractivity contribution is 7.81. The fourth-order valence-electron chi connectivity index (χ4n) is 4.25. The van der Waals surface area contributed by atoms with Gasteiger partial charge in [0.1, 0.15) is 4.99 Å². The van der Waals surface area contributed by atoms with Crippen molar-refractivity contribution in [1.29, 1.82) is 0 Å². The van der Waals surface area contributed by atoms with E-state index in [1.807, 2.05) is 12.1 Å². The van der Waals surface area contributed by atoms with Gasteiger partial charge in [0.25, 0.3) is 0 Å². The van der Waals surface area contributed by atoms with Crippen LogP contribution in [0, 0.1) is 13.8 Å². The minimum atomic E-state index is 0.771. The molecular formula is C33H27NS. The first-order valence-corrected chi connectivity index (χ1v) is 12.2.